The fourth-order valence-corrected chi connectivity index (χ4v) is 3.08. The van der Waals surface area contributed by atoms with Crippen molar-refractivity contribution in [3.05, 3.63) is 53.7 Å². The van der Waals surface area contributed by atoms with Gasteiger partial charge in [0.25, 0.3) is 0 Å². The maximum Gasteiger partial charge on any atom is 0.187 e. The first-order valence-corrected chi connectivity index (χ1v) is 7.68. The number of hydrogen-bond donors (Lipinski definition) is 1. The summed E-state index contributed by atoms with van der Waals surface area (Å²) in [5, 5.41) is 10.5. The van der Waals surface area contributed by atoms with E-state index in [2.05, 4.69) is 9.97 Å². The molecule has 1 aromatic carbocycles. The van der Waals surface area contributed by atoms with Gasteiger partial charge >= 0.3 is 0 Å². The van der Waals surface area contributed by atoms with Crippen molar-refractivity contribution < 1.29 is 9.50 Å². The number of anilines is 1. The van der Waals surface area contributed by atoms with E-state index in [0.717, 1.165) is 12.0 Å². The maximum atomic E-state index is 14.4. The molecule has 1 fully saturated rings. The van der Waals surface area contributed by atoms with E-state index in [1.807, 2.05) is 42.2 Å². The van der Waals surface area contributed by atoms with Gasteiger partial charge in [0.2, 0.25) is 0 Å². The Morgan fingerprint density at radius 1 is 1.27 bits per heavy atom. The number of halogens is 1. The quantitative estimate of drug-likeness (QED) is 0.946. The first-order valence-electron chi connectivity index (χ1n) is 7.68. The van der Waals surface area contributed by atoms with Crippen LogP contribution >= 0.6 is 0 Å². The van der Waals surface area contributed by atoms with Gasteiger partial charge in [-0.25, -0.2) is 14.4 Å². The van der Waals surface area contributed by atoms with Crippen LogP contribution in [0.2, 0.25) is 0 Å². The molecule has 1 aliphatic rings. The molecule has 0 radical (unpaired) electrons. The molecular weight excluding hydrogens is 281 g/mol. The van der Waals surface area contributed by atoms with E-state index in [1.165, 1.54) is 6.33 Å². The molecule has 116 valence electrons. The molecule has 0 saturated carbocycles. The van der Waals surface area contributed by atoms with Crippen molar-refractivity contribution in [2.75, 3.05) is 18.0 Å². The summed E-state index contributed by atoms with van der Waals surface area (Å²) in [6, 6.07) is 9.99. The number of piperidine rings is 1. The van der Waals surface area contributed by atoms with E-state index in [9.17, 15) is 9.50 Å². The van der Waals surface area contributed by atoms with Crippen molar-refractivity contribution in [1.82, 2.24) is 9.97 Å². The Balaban J connectivity index is 1.78. The van der Waals surface area contributed by atoms with Gasteiger partial charge in [0, 0.05) is 19.0 Å². The fraction of sp³-hybridized carbons (Fsp3) is 0.412. The molecule has 5 heteroatoms. The van der Waals surface area contributed by atoms with Crippen molar-refractivity contribution in [1.29, 1.82) is 0 Å². The highest BCUT2D eigenvalue weighted by Crippen LogP contribution is 2.31. The van der Waals surface area contributed by atoms with Crippen LogP contribution in [0.15, 0.2) is 36.7 Å². The van der Waals surface area contributed by atoms with Crippen molar-refractivity contribution in [3.63, 3.8) is 0 Å². The first-order chi connectivity index (χ1) is 10.7. The monoisotopic (exact) mass is 301 g/mol. The Morgan fingerprint density at radius 2 is 2.05 bits per heavy atom. The molecule has 0 amide bonds. The molecule has 22 heavy (non-hydrogen) atoms. The molecule has 2 heterocycles. The highest BCUT2D eigenvalue weighted by molar-refractivity contribution is 5.42. The highest BCUT2D eigenvalue weighted by atomic mass is 19.1. The second kappa shape index (κ2) is 6.40. The lowest BCUT2D eigenvalue weighted by Gasteiger charge is -2.37. The summed E-state index contributed by atoms with van der Waals surface area (Å²) >= 11 is 0. The van der Waals surface area contributed by atoms with Crippen LogP contribution in [0.1, 0.15) is 30.5 Å². The zero-order valence-corrected chi connectivity index (χ0v) is 12.6. The predicted octanol–water partition coefficient (Wildman–Crippen LogP) is 2.53. The van der Waals surface area contributed by atoms with Gasteiger partial charge in [0.05, 0.1) is 11.8 Å². The van der Waals surface area contributed by atoms with Gasteiger partial charge in [0.1, 0.15) is 6.33 Å². The van der Waals surface area contributed by atoms with Crippen LogP contribution in [0.25, 0.3) is 0 Å². The standard InChI is InChI=1S/C17H20FN3O/c1-2-14-16(18)17(20-11-19-14)21-9-8-13(15(22)10-21)12-6-4-3-5-7-12/h3-7,11,13,15,22H,2,8-10H2,1H3/t13-,15+/m0/s1. The third-order valence-electron chi connectivity index (χ3n) is 4.29. The molecular formula is C17H20FN3O. The summed E-state index contributed by atoms with van der Waals surface area (Å²) in [4.78, 5) is 9.85. The third-order valence-corrected chi connectivity index (χ3v) is 4.29. The van der Waals surface area contributed by atoms with Crippen molar-refractivity contribution in [2.24, 2.45) is 0 Å². The van der Waals surface area contributed by atoms with Gasteiger partial charge in [-0.05, 0) is 18.4 Å². The smallest absolute Gasteiger partial charge is 0.187 e. The van der Waals surface area contributed by atoms with E-state index in [1.54, 1.807) is 0 Å². The lowest BCUT2D eigenvalue weighted by Crippen LogP contribution is -2.43. The molecule has 3 rings (SSSR count). The number of aliphatic hydroxyl groups is 1. The van der Waals surface area contributed by atoms with E-state index in [0.29, 0.717) is 31.0 Å². The van der Waals surface area contributed by atoms with Gasteiger partial charge in [-0.3, -0.25) is 0 Å². The molecule has 0 unspecified atom stereocenters. The lowest BCUT2D eigenvalue weighted by atomic mass is 9.87. The summed E-state index contributed by atoms with van der Waals surface area (Å²) in [7, 11) is 0. The number of nitrogens with zero attached hydrogens (tertiary/aromatic N) is 3. The average molecular weight is 301 g/mol. The average Bonchev–Trinajstić information content (AvgIpc) is 2.56. The highest BCUT2D eigenvalue weighted by Gasteiger charge is 2.30. The van der Waals surface area contributed by atoms with Crippen LogP contribution in [0, 0.1) is 5.82 Å². The summed E-state index contributed by atoms with van der Waals surface area (Å²) in [5.74, 6) is 0.0285. The predicted molar refractivity (Wildman–Crippen MR) is 83.4 cm³/mol. The van der Waals surface area contributed by atoms with Crippen LogP contribution < -0.4 is 4.90 Å². The molecule has 2 aromatic rings. The topological polar surface area (TPSA) is 49.2 Å². The van der Waals surface area contributed by atoms with Gasteiger partial charge in [0.15, 0.2) is 11.6 Å². The Morgan fingerprint density at radius 3 is 2.73 bits per heavy atom. The molecule has 1 N–H and O–H groups in total. The van der Waals surface area contributed by atoms with Crippen molar-refractivity contribution in [3.8, 4) is 0 Å². The largest absolute Gasteiger partial charge is 0.391 e. The van der Waals surface area contributed by atoms with Gasteiger partial charge < -0.3 is 10.0 Å². The molecule has 2 atom stereocenters. The van der Waals surface area contributed by atoms with Crippen LogP contribution in [0.5, 0.6) is 0 Å². The molecule has 0 spiro atoms. The number of aryl methyl sites for hydroxylation is 1. The van der Waals surface area contributed by atoms with E-state index in [-0.39, 0.29) is 11.7 Å². The van der Waals surface area contributed by atoms with Crippen molar-refractivity contribution >= 4 is 5.82 Å². The number of aromatic nitrogens is 2. The minimum absolute atomic E-state index is 0.0907. The summed E-state index contributed by atoms with van der Waals surface area (Å²) in [6.45, 7) is 2.93. The number of hydrogen-bond acceptors (Lipinski definition) is 4. The lowest BCUT2D eigenvalue weighted by molar-refractivity contribution is 0.129. The fourth-order valence-electron chi connectivity index (χ4n) is 3.08. The summed E-state index contributed by atoms with van der Waals surface area (Å²) in [6.07, 6.45) is 2.17. The summed E-state index contributed by atoms with van der Waals surface area (Å²) < 4.78 is 14.4. The zero-order valence-electron chi connectivity index (χ0n) is 12.6. The molecule has 1 saturated heterocycles. The SMILES string of the molecule is CCc1ncnc(N2CC[C@@H](c3ccccc3)[C@H](O)C2)c1F. The van der Waals surface area contributed by atoms with Crippen LogP contribution in [0.3, 0.4) is 0 Å². The number of rotatable bonds is 3. The van der Waals surface area contributed by atoms with E-state index in [4.69, 9.17) is 0 Å². The van der Waals surface area contributed by atoms with Crippen molar-refractivity contribution in [2.45, 2.75) is 31.8 Å². The van der Waals surface area contributed by atoms with E-state index >= 15 is 0 Å². The molecule has 1 aromatic heterocycles. The number of aliphatic hydroxyl groups excluding tert-OH is 1. The minimum atomic E-state index is -0.532. The number of β-amino-alcohol motifs (C(OH)–C–C–N with tert-alkyl or cyclic N) is 1. The second-order valence-electron chi connectivity index (χ2n) is 5.63. The number of benzene rings is 1. The molecule has 0 bridgehead atoms. The first kappa shape index (κ1) is 14.9. The van der Waals surface area contributed by atoms with Crippen LogP contribution in [-0.2, 0) is 6.42 Å². The molecule has 4 nitrogen and oxygen atoms in total. The second-order valence-corrected chi connectivity index (χ2v) is 5.63. The van der Waals surface area contributed by atoms with Gasteiger partial charge in [-0.1, -0.05) is 37.3 Å². The normalized spacial score (nSPS) is 21.9. The Bertz CT molecular complexity index is 635. The minimum Gasteiger partial charge on any atom is -0.391 e. The zero-order chi connectivity index (χ0) is 15.5. The van der Waals surface area contributed by atoms with Crippen LogP contribution in [0.4, 0.5) is 10.2 Å². The Labute approximate surface area is 129 Å². The molecule has 0 aliphatic carbocycles. The van der Waals surface area contributed by atoms with E-state index < -0.39 is 6.10 Å². The Kier molecular flexibility index (Phi) is 4.34. The third kappa shape index (κ3) is 2.81. The summed E-state index contributed by atoms with van der Waals surface area (Å²) in [5.41, 5.74) is 1.55. The Hall–Kier alpha value is -2.01. The van der Waals surface area contributed by atoms with Gasteiger partial charge in [-0.2, -0.15) is 0 Å². The maximum absolute atomic E-state index is 14.4. The van der Waals surface area contributed by atoms with Crippen LogP contribution in [-0.4, -0.2) is 34.3 Å². The molecule has 1 aliphatic heterocycles. The van der Waals surface area contributed by atoms with Gasteiger partial charge in [-0.15, -0.1) is 0 Å².